The fraction of sp³-hybridized carbons (Fsp3) is 0.300. The summed E-state index contributed by atoms with van der Waals surface area (Å²) in [6, 6.07) is 5.16. The van der Waals surface area contributed by atoms with Gasteiger partial charge in [-0.3, -0.25) is 4.79 Å². The number of carbonyl (C=O) groups is 1. The van der Waals surface area contributed by atoms with Crippen molar-refractivity contribution in [1.82, 2.24) is 4.90 Å². The van der Waals surface area contributed by atoms with Crippen molar-refractivity contribution in [1.29, 1.82) is 0 Å². The molecule has 0 atom stereocenters. The Morgan fingerprint density at radius 1 is 1.38 bits per heavy atom. The largest absolute Gasteiger partial charge is 0.508 e. The van der Waals surface area contributed by atoms with Crippen LogP contribution in [0.15, 0.2) is 18.2 Å². The van der Waals surface area contributed by atoms with Crippen LogP contribution in [0.5, 0.6) is 5.75 Å². The van der Waals surface area contributed by atoms with E-state index in [1.807, 2.05) is 6.07 Å². The zero-order valence-electron chi connectivity index (χ0n) is 7.45. The Hall–Kier alpha value is -1.51. The van der Waals surface area contributed by atoms with Gasteiger partial charge in [-0.1, -0.05) is 6.07 Å². The number of phenols is 1. The Kier molecular flexibility index (Phi) is 1.72. The molecule has 0 saturated heterocycles. The second kappa shape index (κ2) is 2.76. The summed E-state index contributed by atoms with van der Waals surface area (Å²) in [7, 11) is 1.77. The number of aromatic hydroxyl groups is 1. The van der Waals surface area contributed by atoms with E-state index in [2.05, 4.69) is 0 Å². The number of phenolic OH excluding ortho intramolecular Hbond substituents is 1. The third-order valence-electron chi connectivity index (χ3n) is 2.36. The van der Waals surface area contributed by atoms with E-state index in [1.54, 1.807) is 24.1 Å². The van der Waals surface area contributed by atoms with Crippen LogP contribution in [-0.2, 0) is 17.8 Å². The van der Waals surface area contributed by atoms with Gasteiger partial charge in [0.2, 0.25) is 5.91 Å². The Balaban J connectivity index is 2.42. The molecule has 0 aromatic heterocycles. The summed E-state index contributed by atoms with van der Waals surface area (Å²) in [5, 5.41) is 9.24. The molecule has 1 aromatic carbocycles. The van der Waals surface area contributed by atoms with Gasteiger partial charge in [0, 0.05) is 13.6 Å². The number of hydrogen-bond acceptors (Lipinski definition) is 2. The highest BCUT2D eigenvalue weighted by molar-refractivity contribution is 5.80. The molecule has 0 spiro atoms. The average molecular weight is 177 g/mol. The van der Waals surface area contributed by atoms with Crippen molar-refractivity contribution in [3.63, 3.8) is 0 Å². The molecular weight excluding hydrogens is 166 g/mol. The van der Waals surface area contributed by atoms with Crippen LogP contribution in [0.1, 0.15) is 11.1 Å². The number of fused-ring (bicyclic) bond motifs is 1. The highest BCUT2D eigenvalue weighted by atomic mass is 16.3. The van der Waals surface area contributed by atoms with Crippen LogP contribution < -0.4 is 0 Å². The van der Waals surface area contributed by atoms with E-state index in [-0.39, 0.29) is 11.7 Å². The molecule has 1 amide bonds. The Bertz CT molecular complexity index is 360. The predicted molar refractivity (Wildman–Crippen MR) is 48.3 cm³/mol. The van der Waals surface area contributed by atoms with Crippen LogP contribution in [0.25, 0.3) is 0 Å². The summed E-state index contributed by atoms with van der Waals surface area (Å²) in [5.74, 6) is 0.402. The molecule has 3 heteroatoms. The number of likely N-dealkylation sites (N-methyl/N-ethyl adjacent to an activating group) is 1. The number of hydrogen-bond donors (Lipinski definition) is 1. The van der Waals surface area contributed by atoms with E-state index in [9.17, 15) is 9.90 Å². The molecule has 1 N–H and O–H groups in total. The van der Waals surface area contributed by atoms with Crippen molar-refractivity contribution in [2.75, 3.05) is 7.05 Å². The van der Waals surface area contributed by atoms with Gasteiger partial charge in [-0.15, -0.1) is 0 Å². The van der Waals surface area contributed by atoms with Crippen LogP contribution in [0, 0.1) is 0 Å². The first kappa shape index (κ1) is 8.10. The van der Waals surface area contributed by atoms with Gasteiger partial charge in [0.05, 0.1) is 6.42 Å². The van der Waals surface area contributed by atoms with Crippen LogP contribution in [0.3, 0.4) is 0 Å². The van der Waals surface area contributed by atoms with Gasteiger partial charge in [-0.2, -0.15) is 0 Å². The van der Waals surface area contributed by atoms with Gasteiger partial charge in [0.25, 0.3) is 0 Å². The monoisotopic (exact) mass is 177 g/mol. The normalized spacial score (nSPS) is 15.8. The van der Waals surface area contributed by atoms with E-state index >= 15 is 0 Å². The average Bonchev–Trinajstić information content (AvgIpc) is 2.08. The molecule has 0 radical (unpaired) electrons. The molecule has 0 aliphatic carbocycles. The second-order valence-electron chi connectivity index (χ2n) is 3.38. The SMILES string of the molecule is CN1Cc2cc(O)ccc2CC1=O. The maximum atomic E-state index is 11.3. The summed E-state index contributed by atoms with van der Waals surface area (Å²) < 4.78 is 0. The van der Waals surface area contributed by atoms with Gasteiger partial charge >= 0.3 is 0 Å². The first-order valence-electron chi connectivity index (χ1n) is 4.21. The van der Waals surface area contributed by atoms with Gasteiger partial charge in [0.15, 0.2) is 0 Å². The summed E-state index contributed by atoms with van der Waals surface area (Å²) in [4.78, 5) is 13.0. The molecule has 0 saturated carbocycles. The number of rotatable bonds is 0. The molecule has 1 aromatic rings. The highest BCUT2D eigenvalue weighted by Crippen LogP contribution is 2.22. The molecule has 0 fully saturated rings. The van der Waals surface area contributed by atoms with E-state index < -0.39 is 0 Å². The fourth-order valence-corrected chi connectivity index (χ4v) is 1.57. The minimum Gasteiger partial charge on any atom is -0.508 e. The lowest BCUT2D eigenvalue weighted by Gasteiger charge is -2.24. The zero-order valence-corrected chi connectivity index (χ0v) is 7.45. The van der Waals surface area contributed by atoms with Crippen LogP contribution in [-0.4, -0.2) is 23.0 Å². The minimum absolute atomic E-state index is 0.137. The third kappa shape index (κ3) is 1.37. The maximum absolute atomic E-state index is 11.3. The van der Waals surface area contributed by atoms with Gasteiger partial charge in [-0.25, -0.2) is 0 Å². The second-order valence-corrected chi connectivity index (χ2v) is 3.38. The van der Waals surface area contributed by atoms with Gasteiger partial charge < -0.3 is 10.0 Å². The van der Waals surface area contributed by atoms with Gasteiger partial charge in [-0.05, 0) is 23.3 Å². The van der Waals surface area contributed by atoms with Crippen molar-refractivity contribution in [2.24, 2.45) is 0 Å². The maximum Gasteiger partial charge on any atom is 0.227 e. The van der Waals surface area contributed by atoms with Crippen molar-refractivity contribution in [3.05, 3.63) is 29.3 Å². The summed E-state index contributed by atoms with van der Waals surface area (Å²) in [6.07, 6.45) is 0.451. The number of nitrogens with zero attached hydrogens (tertiary/aromatic N) is 1. The molecule has 68 valence electrons. The first-order valence-corrected chi connectivity index (χ1v) is 4.21. The summed E-state index contributed by atoms with van der Waals surface area (Å²) >= 11 is 0. The van der Waals surface area contributed by atoms with Crippen molar-refractivity contribution in [2.45, 2.75) is 13.0 Å². The predicted octanol–water partition coefficient (Wildman–Crippen LogP) is 0.907. The lowest BCUT2D eigenvalue weighted by Crippen LogP contribution is -2.32. The fourth-order valence-electron chi connectivity index (χ4n) is 1.57. The van der Waals surface area contributed by atoms with Crippen molar-refractivity contribution < 1.29 is 9.90 Å². The number of carbonyl (C=O) groups excluding carboxylic acids is 1. The summed E-state index contributed by atoms with van der Waals surface area (Å²) in [5.41, 5.74) is 2.07. The molecule has 1 aliphatic rings. The van der Waals surface area contributed by atoms with Crippen LogP contribution >= 0.6 is 0 Å². The highest BCUT2D eigenvalue weighted by Gasteiger charge is 2.19. The van der Waals surface area contributed by atoms with Gasteiger partial charge in [0.1, 0.15) is 5.75 Å². The number of amides is 1. The molecule has 13 heavy (non-hydrogen) atoms. The third-order valence-corrected chi connectivity index (χ3v) is 2.36. The molecule has 0 bridgehead atoms. The lowest BCUT2D eigenvalue weighted by atomic mass is 9.99. The minimum atomic E-state index is 0.137. The smallest absolute Gasteiger partial charge is 0.227 e. The molecule has 3 nitrogen and oxygen atoms in total. The standard InChI is InChI=1S/C10H11NO2/c1-11-6-8-4-9(12)3-2-7(8)5-10(11)13/h2-4,12H,5-6H2,1H3. The molecule has 0 unspecified atom stereocenters. The Labute approximate surface area is 76.6 Å². The van der Waals surface area contributed by atoms with Crippen molar-refractivity contribution >= 4 is 5.91 Å². The first-order chi connectivity index (χ1) is 6.16. The van der Waals surface area contributed by atoms with E-state index in [1.165, 1.54) is 0 Å². The quantitative estimate of drug-likeness (QED) is 0.639. The number of benzene rings is 1. The topological polar surface area (TPSA) is 40.5 Å². The van der Waals surface area contributed by atoms with E-state index in [0.29, 0.717) is 13.0 Å². The van der Waals surface area contributed by atoms with Crippen LogP contribution in [0.2, 0.25) is 0 Å². The Morgan fingerprint density at radius 2 is 2.15 bits per heavy atom. The summed E-state index contributed by atoms with van der Waals surface area (Å²) in [6.45, 7) is 0.600. The molecular formula is C10H11NO2. The van der Waals surface area contributed by atoms with E-state index in [0.717, 1.165) is 11.1 Å². The molecule has 2 rings (SSSR count). The lowest BCUT2D eigenvalue weighted by molar-refractivity contribution is -0.130. The Morgan fingerprint density at radius 3 is 2.92 bits per heavy atom. The molecule has 1 aliphatic heterocycles. The zero-order chi connectivity index (χ0) is 9.42. The van der Waals surface area contributed by atoms with Crippen molar-refractivity contribution in [3.8, 4) is 5.75 Å². The van der Waals surface area contributed by atoms with E-state index in [4.69, 9.17) is 0 Å². The van der Waals surface area contributed by atoms with Crippen LogP contribution in [0.4, 0.5) is 0 Å². The molecule has 1 heterocycles.